The molecule has 1 heterocycles. The lowest BCUT2D eigenvalue weighted by Crippen LogP contribution is -2.29. The van der Waals surface area contributed by atoms with Crippen LogP contribution in [0.4, 0.5) is 0 Å². The molecule has 1 unspecified atom stereocenters. The Balaban J connectivity index is 2.26. The molecule has 0 saturated heterocycles. The van der Waals surface area contributed by atoms with Gasteiger partial charge in [0.25, 0.3) is 0 Å². The third-order valence-corrected chi connectivity index (χ3v) is 3.63. The fourth-order valence-electron chi connectivity index (χ4n) is 2.80. The van der Waals surface area contributed by atoms with Crippen molar-refractivity contribution in [2.75, 3.05) is 6.54 Å². The number of hydrogen-bond donors (Lipinski definition) is 1. The van der Waals surface area contributed by atoms with Crippen LogP contribution in [0.2, 0.25) is 0 Å². The van der Waals surface area contributed by atoms with E-state index in [-0.39, 0.29) is 0 Å². The average molecular weight is 211 g/mol. The summed E-state index contributed by atoms with van der Waals surface area (Å²) in [5, 5.41) is 6.41. The van der Waals surface area contributed by atoms with Crippen molar-refractivity contribution in [3.8, 4) is 0 Å². The molecule has 2 aromatic carbocycles. The third-order valence-electron chi connectivity index (χ3n) is 3.63. The number of benzene rings is 2. The fourth-order valence-corrected chi connectivity index (χ4v) is 2.80. The lowest BCUT2D eigenvalue weighted by atomic mass is 9.89. The summed E-state index contributed by atoms with van der Waals surface area (Å²) in [6, 6.07) is 13.8. The Hall–Kier alpha value is -1.34. The van der Waals surface area contributed by atoms with E-state index in [2.05, 4.69) is 48.6 Å². The molecular formula is C15H17N. The lowest BCUT2D eigenvalue weighted by molar-refractivity contribution is 0.494. The number of nitrogens with one attached hydrogen (secondary N) is 1. The van der Waals surface area contributed by atoms with E-state index < -0.39 is 0 Å². The second-order valence-electron chi connectivity index (χ2n) is 4.52. The van der Waals surface area contributed by atoms with Crippen LogP contribution in [0.5, 0.6) is 0 Å². The zero-order valence-electron chi connectivity index (χ0n) is 9.66. The van der Waals surface area contributed by atoms with Crippen molar-refractivity contribution in [1.82, 2.24) is 5.32 Å². The molecule has 1 aliphatic rings. The normalized spacial score (nSPS) is 19.7. The smallest absolute Gasteiger partial charge is 0.0320 e. The maximum Gasteiger partial charge on any atom is 0.0320 e. The minimum absolute atomic E-state index is 0.549. The van der Waals surface area contributed by atoms with Gasteiger partial charge in [-0.1, -0.05) is 43.3 Å². The Bertz CT molecular complexity index is 516. The predicted molar refractivity (Wildman–Crippen MR) is 68.7 cm³/mol. The second-order valence-corrected chi connectivity index (χ2v) is 4.52. The summed E-state index contributed by atoms with van der Waals surface area (Å²) in [5.41, 5.74) is 3.07. The van der Waals surface area contributed by atoms with Gasteiger partial charge in [0.1, 0.15) is 0 Å². The van der Waals surface area contributed by atoms with Crippen molar-refractivity contribution in [3.63, 3.8) is 0 Å². The van der Waals surface area contributed by atoms with E-state index in [1.807, 2.05) is 0 Å². The van der Waals surface area contributed by atoms with Gasteiger partial charge in [0.2, 0.25) is 0 Å². The SMILES string of the molecule is CCC1NCCc2c1ccc1ccccc21. The Labute approximate surface area is 96.5 Å². The van der Waals surface area contributed by atoms with Crippen molar-refractivity contribution < 1.29 is 0 Å². The maximum absolute atomic E-state index is 3.59. The van der Waals surface area contributed by atoms with Gasteiger partial charge in [0.05, 0.1) is 0 Å². The Morgan fingerprint density at radius 2 is 2.06 bits per heavy atom. The van der Waals surface area contributed by atoms with E-state index in [1.165, 1.54) is 22.8 Å². The first-order chi connectivity index (χ1) is 7.90. The maximum atomic E-state index is 3.59. The molecule has 1 nitrogen and oxygen atoms in total. The van der Waals surface area contributed by atoms with Gasteiger partial charge < -0.3 is 5.32 Å². The van der Waals surface area contributed by atoms with Crippen LogP contribution in [0.15, 0.2) is 36.4 Å². The van der Waals surface area contributed by atoms with E-state index in [0.29, 0.717) is 6.04 Å². The summed E-state index contributed by atoms with van der Waals surface area (Å²) < 4.78 is 0. The van der Waals surface area contributed by atoms with Crippen LogP contribution in [0.25, 0.3) is 10.8 Å². The first kappa shape index (κ1) is 9.86. The zero-order chi connectivity index (χ0) is 11.0. The molecule has 1 heteroatoms. The zero-order valence-corrected chi connectivity index (χ0v) is 9.66. The topological polar surface area (TPSA) is 12.0 Å². The first-order valence-electron chi connectivity index (χ1n) is 6.14. The van der Waals surface area contributed by atoms with Crippen LogP contribution in [-0.4, -0.2) is 6.54 Å². The molecule has 0 spiro atoms. The Morgan fingerprint density at radius 3 is 2.94 bits per heavy atom. The van der Waals surface area contributed by atoms with Gasteiger partial charge >= 0.3 is 0 Å². The average Bonchev–Trinajstić information content (AvgIpc) is 2.37. The first-order valence-corrected chi connectivity index (χ1v) is 6.14. The van der Waals surface area contributed by atoms with Gasteiger partial charge in [-0.15, -0.1) is 0 Å². The molecule has 1 atom stereocenters. The highest BCUT2D eigenvalue weighted by Crippen LogP contribution is 2.31. The van der Waals surface area contributed by atoms with Crippen molar-refractivity contribution in [1.29, 1.82) is 0 Å². The third kappa shape index (κ3) is 1.43. The van der Waals surface area contributed by atoms with Crippen molar-refractivity contribution in [3.05, 3.63) is 47.5 Å². The van der Waals surface area contributed by atoms with Gasteiger partial charge in [-0.3, -0.25) is 0 Å². The Morgan fingerprint density at radius 1 is 1.19 bits per heavy atom. The van der Waals surface area contributed by atoms with Crippen LogP contribution >= 0.6 is 0 Å². The van der Waals surface area contributed by atoms with Gasteiger partial charge in [-0.05, 0) is 41.3 Å². The molecule has 0 aromatic heterocycles. The summed E-state index contributed by atoms with van der Waals surface area (Å²) in [7, 11) is 0. The van der Waals surface area contributed by atoms with Crippen LogP contribution in [-0.2, 0) is 6.42 Å². The highest BCUT2D eigenvalue weighted by atomic mass is 14.9. The molecular weight excluding hydrogens is 194 g/mol. The second kappa shape index (κ2) is 3.91. The van der Waals surface area contributed by atoms with Gasteiger partial charge in [-0.2, -0.15) is 0 Å². The van der Waals surface area contributed by atoms with Crippen LogP contribution in [0.3, 0.4) is 0 Å². The molecule has 0 aliphatic carbocycles. The quantitative estimate of drug-likeness (QED) is 0.762. The molecule has 0 radical (unpaired) electrons. The predicted octanol–water partition coefficient (Wildman–Crippen LogP) is 3.44. The molecule has 3 rings (SSSR count). The van der Waals surface area contributed by atoms with E-state index in [0.717, 1.165) is 13.0 Å². The summed E-state index contributed by atoms with van der Waals surface area (Å²) in [6.07, 6.45) is 2.33. The van der Waals surface area contributed by atoms with E-state index >= 15 is 0 Å². The van der Waals surface area contributed by atoms with Crippen molar-refractivity contribution >= 4 is 10.8 Å². The molecule has 2 aromatic rings. The highest BCUT2D eigenvalue weighted by molar-refractivity contribution is 5.87. The van der Waals surface area contributed by atoms with E-state index in [4.69, 9.17) is 0 Å². The molecule has 0 bridgehead atoms. The van der Waals surface area contributed by atoms with E-state index in [9.17, 15) is 0 Å². The van der Waals surface area contributed by atoms with Gasteiger partial charge in [0, 0.05) is 6.04 Å². The lowest BCUT2D eigenvalue weighted by Gasteiger charge is -2.27. The van der Waals surface area contributed by atoms with Crippen LogP contribution in [0.1, 0.15) is 30.5 Å². The summed E-state index contributed by atoms with van der Waals surface area (Å²) in [6.45, 7) is 3.36. The number of rotatable bonds is 1. The molecule has 82 valence electrons. The molecule has 1 N–H and O–H groups in total. The number of hydrogen-bond acceptors (Lipinski definition) is 1. The minimum atomic E-state index is 0.549. The molecule has 16 heavy (non-hydrogen) atoms. The Kier molecular flexibility index (Phi) is 2.41. The van der Waals surface area contributed by atoms with Crippen molar-refractivity contribution in [2.45, 2.75) is 25.8 Å². The van der Waals surface area contributed by atoms with Crippen LogP contribution < -0.4 is 5.32 Å². The summed E-state index contributed by atoms with van der Waals surface area (Å²) in [4.78, 5) is 0. The summed E-state index contributed by atoms with van der Waals surface area (Å²) in [5.74, 6) is 0. The molecule has 0 fully saturated rings. The van der Waals surface area contributed by atoms with Crippen molar-refractivity contribution in [2.24, 2.45) is 0 Å². The van der Waals surface area contributed by atoms with E-state index in [1.54, 1.807) is 5.56 Å². The minimum Gasteiger partial charge on any atom is -0.310 e. The molecule has 1 aliphatic heterocycles. The standard InChI is InChI=1S/C15H17N/c1-2-15-14-8-7-11-5-3-4-6-12(11)13(14)9-10-16-15/h3-8,15-16H,2,9-10H2,1H3. The van der Waals surface area contributed by atoms with Gasteiger partial charge in [-0.25, -0.2) is 0 Å². The highest BCUT2D eigenvalue weighted by Gasteiger charge is 2.19. The summed E-state index contributed by atoms with van der Waals surface area (Å²) >= 11 is 0. The van der Waals surface area contributed by atoms with Crippen LogP contribution in [0, 0.1) is 0 Å². The van der Waals surface area contributed by atoms with Gasteiger partial charge in [0.15, 0.2) is 0 Å². The molecule has 0 amide bonds. The molecule has 0 saturated carbocycles. The largest absolute Gasteiger partial charge is 0.310 e. The fraction of sp³-hybridized carbons (Fsp3) is 0.333. The monoisotopic (exact) mass is 211 g/mol. The number of fused-ring (bicyclic) bond motifs is 3.